The molecule has 8 rings (SSSR count). The zero-order chi connectivity index (χ0) is 38.2. The number of halogens is 4. The van der Waals surface area contributed by atoms with Crippen molar-refractivity contribution in [3.8, 4) is 17.3 Å². The second kappa shape index (κ2) is 18.6. The molecular formula is C39H26Cl3CuFN8O3. The first-order valence-corrected chi connectivity index (χ1v) is 17.3. The van der Waals surface area contributed by atoms with Crippen LogP contribution in [0, 0.1) is 12.7 Å². The summed E-state index contributed by atoms with van der Waals surface area (Å²) in [6.45, 7) is 1.64. The molecule has 16 heteroatoms. The van der Waals surface area contributed by atoms with E-state index in [2.05, 4.69) is 35.2 Å². The van der Waals surface area contributed by atoms with E-state index in [0.29, 0.717) is 16.9 Å². The summed E-state index contributed by atoms with van der Waals surface area (Å²) in [7, 11) is 0. The van der Waals surface area contributed by atoms with Crippen molar-refractivity contribution < 1.29 is 36.8 Å². The maximum Gasteiger partial charge on any atom is 2.00 e. The number of hydrogen-bond donors (Lipinski definition) is 1. The van der Waals surface area contributed by atoms with E-state index in [1.54, 1.807) is 68.1 Å². The first kappa shape index (κ1) is 40.5. The van der Waals surface area contributed by atoms with Crippen LogP contribution >= 0.6 is 34.8 Å². The van der Waals surface area contributed by atoms with Crippen molar-refractivity contribution in [3.63, 3.8) is 0 Å². The summed E-state index contributed by atoms with van der Waals surface area (Å²) >= 11 is 14.4. The molecule has 0 spiro atoms. The van der Waals surface area contributed by atoms with Crippen molar-refractivity contribution in [2.75, 3.05) is 0 Å². The average molecular weight is 844 g/mol. The molecule has 1 N–H and O–H groups in total. The Morgan fingerprint density at radius 3 is 1.76 bits per heavy atom. The molecule has 8 aromatic rings. The molecule has 0 amide bonds. The smallest absolute Gasteiger partial charge is 0.858 e. The van der Waals surface area contributed by atoms with E-state index in [-0.39, 0.29) is 39.7 Å². The number of aromatic hydroxyl groups is 1. The predicted octanol–water partition coefficient (Wildman–Crippen LogP) is 7.37. The fraction of sp³-hybridized carbons (Fsp3) is 0.0513. The van der Waals surface area contributed by atoms with E-state index in [9.17, 15) is 19.7 Å². The van der Waals surface area contributed by atoms with Crippen molar-refractivity contribution in [2.45, 2.75) is 11.2 Å². The monoisotopic (exact) mass is 841 g/mol. The number of rotatable bonds is 5. The minimum absolute atomic E-state index is 0. The second-order valence-electron chi connectivity index (χ2n) is 11.2. The zero-order valence-electron chi connectivity index (χ0n) is 28.4. The van der Waals surface area contributed by atoms with Gasteiger partial charge < -0.3 is 15.3 Å². The Labute approximate surface area is 338 Å². The molecular weight excluding hydrogens is 817 g/mol. The first-order chi connectivity index (χ1) is 26.1. The standard InChI is InChI=1S/C24H19FN4O3.C14H8N4.CHCl3.Cu/c1-15-21(24(32)29(28-15)18-7-3-2-4-8-18)22(16-11-13-17(25)14-12-16)26-27-23(31)19-9-5-6-10-20(19)30;1-3-9-11(15-5-1)12-10(4-2-6-16-12)14-13(9)17-7-8-18-14;2-1(3)4;/h2-14,30,32H,1H3,(H,27,31);1-8H;1H;/q;;;+2/p-2/b26-22+;;;. The number of aromatic nitrogens is 6. The van der Waals surface area contributed by atoms with Crippen LogP contribution in [0.2, 0.25) is 0 Å². The second-order valence-corrected chi connectivity index (χ2v) is 13.2. The van der Waals surface area contributed by atoms with E-state index >= 15 is 0 Å². The topological polar surface area (TPSA) is 160 Å². The number of benzene rings is 4. The van der Waals surface area contributed by atoms with Gasteiger partial charge >= 0.3 is 17.1 Å². The maximum atomic E-state index is 13.5. The van der Waals surface area contributed by atoms with Gasteiger partial charge in [0.1, 0.15) is 17.3 Å². The quantitative estimate of drug-likeness (QED) is 0.0470. The molecule has 4 aromatic carbocycles. The molecule has 0 unspecified atom stereocenters. The van der Waals surface area contributed by atoms with Gasteiger partial charge in [-0.2, -0.15) is 15.3 Å². The van der Waals surface area contributed by atoms with Gasteiger partial charge in [0.25, 0.3) is 0 Å². The molecule has 0 aliphatic heterocycles. The predicted molar refractivity (Wildman–Crippen MR) is 206 cm³/mol. The van der Waals surface area contributed by atoms with E-state index in [4.69, 9.17) is 34.8 Å². The summed E-state index contributed by atoms with van der Waals surface area (Å²) < 4.78 is 14.0. The van der Waals surface area contributed by atoms with Gasteiger partial charge in [-0.3, -0.25) is 19.9 Å². The SMILES string of the molecule is Cc1nn(-c2ccccc2)c([O-])c1/C(=N/N=C(\[O-])c1ccccc1O)c1ccc(F)cc1.ClC(Cl)Cl.[Cu+2].c1cnc2c(c1)c1nccnc1c1cccnc12. The zero-order valence-corrected chi connectivity index (χ0v) is 31.6. The molecule has 0 bridgehead atoms. The van der Waals surface area contributed by atoms with E-state index in [0.717, 1.165) is 32.8 Å². The van der Waals surface area contributed by atoms with Gasteiger partial charge in [-0.15, -0.1) is 0 Å². The van der Waals surface area contributed by atoms with Gasteiger partial charge in [0.15, 0.2) is 4.30 Å². The Morgan fingerprint density at radius 2 is 1.22 bits per heavy atom. The largest absolute Gasteiger partial charge is 2.00 e. The minimum Gasteiger partial charge on any atom is -0.858 e. The Morgan fingerprint density at radius 1 is 0.709 bits per heavy atom. The normalized spacial score (nSPS) is 11.5. The van der Waals surface area contributed by atoms with Gasteiger partial charge in [0.05, 0.1) is 33.4 Å². The third-order valence-electron chi connectivity index (χ3n) is 7.80. The van der Waals surface area contributed by atoms with Gasteiger partial charge in [-0.05, 0) is 73.7 Å². The first-order valence-electron chi connectivity index (χ1n) is 16.0. The van der Waals surface area contributed by atoms with Crippen molar-refractivity contribution in [3.05, 3.63) is 156 Å². The Bertz CT molecular complexity index is 2410. The van der Waals surface area contributed by atoms with Crippen LogP contribution in [-0.2, 0) is 17.1 Å². The number of phenolic OH excluding ortho intramolecular Hbond substituents is 1. The molecule has 0 saturated heterocycles. The van der Waals surface area contributed by atoms with Crippen LogP contribution in [0.1, 0.15) is 22.4 Å². The number of alkyl halides is 3. The number of hydrogen-bond acceptors (Lipinski definition) is 10. The summed E-state index contributed by atoms with van der Waals surface area (Å²) in [4.78, 5) is 17.7. The number of phenols is 1. The third-order valence-corrected chi connectivity index (χ3v) is 7.80. The number of fused-ring (bicyclic) bond motifs is 6. The van der Waals surface area contributed by atoms with Gasteiger partial charge in [-0.1, -0.05) is 71.2 Å². The molecule has 0 aliphatic carbocycles. The van der Waals surface area contributed by atoms with Crippen molar-refractivity contribution >= 4 is 79.3 Å². The number of aryl methyl sites for hydroxylation is 1. The average Bonchev–Trinajstić information content (AvgIpc) is 3.49. The van der Waals surface area contributed by atoms with Crippen molar-refractivity contribution in [1.82, 2.24) is 29.7 Å². The van der Waals surface area contributed by atoms with Crippen molar-refractivity contribution in [2.24, 2.45) is 10.2 Å². The fourth-order valence-electron chi connectivity index (χ4n) is 5.49. The Balaban J connectivity index is 0.000000211. The number of pyridine rings is 2. The van der Waals surface area contributed by atoms with Crippen LogP contribution in [0.3, 0.4) is 0 Å². The summed E-state index contributed by atoms with van der Waals surface area (Å²) in [5.74, 6) is -1.95. The summed E-state index contributed by atoms with van der Waals surface area (Å²) in [6, 6.07) is 27.9. The molecule has 0 atom stereocenters. The van der Waals surface area contributed by atoms with Gasteiger partial charge in [-0.25, -0.2) is 9.07 Å². The van der Waals surface area contributed by atoms with E-state index < -0.39 is 21.9 Å². The van der Waals surface area contributed by atoms with Crippen molar-refractivity contribution in [1.29, 1.82) is 0 Å². The van der Waals surface area contributed by atoms with E-state index in [1.165, 1.54) is 41.1 Å². The van der Waals surface area contributed by atoms with Crippen LogP contribution in [0.4, 0.5) is 4.39 Å². The molecule has 0 aliphatic rings. The molecule has 1 radical (unpaired) electrons. The fourth-order valence-corrected chi connectivity index (χ4v) is 5.49. The maximum absolute atomic E-state index is 13.5. The Hall–Kier alpha value is -5.69. The summed E-state index contributed by atoms with van der Waals surface area (Å²) in [6.07, 6.45) is 6.96. The molecule has 4 aromatic heterocycles. The molecule has 11 nitrogen and oxygen atoms in total. The summed E-state index contributed by atoms with van der Waals surface area (Å²) in [5.41, 5.74) is 4.98. The van der Waals surface area contributed by atoms with E-state index in [1.807, 2.05) is 30.3 Å². The molecule has 55 heavy (non-hydrogen) atoms. The van der Waals surface area contributed by atoms with Crippen LogP contribution < -0.4 is 10.2 Å². The number of para-hydroxylation sites is 2. The number of nitrogens with zero attached hydrogens (tertiary/aromatic N) is 8. The van der Waals surface area contributed by atoms with Gasteiger partial charge in [0, 0.05) is 64.0 Å². The molecule has 0 fully saturated rings. The van der Waals surface area contributed by atoms with Gasteiger partial charge in [0.2, 0.25) is 0 Å². The molecule has 0 saturated carbocycles. The Kier molecular flexibility index (Phi) is 13.7. The third kappa shape index (κ3) is 9.34. The van der Waals surface area contributed by atoms with Crippen LogP contribution in [0.15, 0.2) is 138 Å². The molecule has 4 heterocycles. The minimum atomic E-state index is -0.789. The van der Waals surface area contributed by atoms with Crippen LogP contribution in [0.25, 0.3) is 38.5 Å². The van der Waals surface area contributed by atoms with Crippen LogP contribution in [-0.4, -0.2) is 50.7 Å². The molecule has 279 valence electrons. The summed E-state index contributed by atoms with van der Waals surface area (Å²) in [5, 5.41) is 49.7. The van der Waals surface area contributed by atoms with Crippen LogP contribution in [0.5, 0.6) is 11.6 Å².